The van der Waals surface area contributed by atoms with Crippen molar-refractivity contribution in [3.63, 3.8) is 0 Å². The van der Waals surface area contributed by atoms with Gasteiger partial charge in [-0.3, -0.25) is 9.59 Å². The summed E-state index contributed by atoms with van der Waals surface area (Å²) in [4.78, 5) is 28.2. The Morgan fingerprint density at radius 3 is 2.68 bits per heavy atom. The van der Waals surface area contributed by atoms with Crippen molar-refractivity contribution < 1.29 is 14.7 Å². The second-order valence-corrected chi connectivity index (χ2v) is 6.73. The van der Waals surface area contributed by atoms with Crippen LogP contribution in [0.15, 0.2) is 36.4 Å². The SMILES string of the molecule is CN1C(=O)CCc2cc(C(=O)N3CCc4ccc(O)cc4C3)ccc21. The average molecular weight is 336 g/mol. The number of phenols is 1. The molecule has 2 aliphatic rings. The number of carbonyl (C=O) groups is 2. The van der Waals surface area contributed by atoms with Gasteiger partial charge in [-0.25, -0.2) is 0 Å². The zero-order chi connectivity index (χ0) is 17.6. The number of aromatic hydroxyl groups is 1. The fourth-order valence-corrected chi connectivity index (χ4v) is 3.69. The molecule has 0 aromatic heterocycles. The lowest BCUT2D eigenvalue weighted by molar-refractivity contribution is -0.118. The van der Waals surface area contributed by atoms with Crippen LogP contribution in [0.1, 0.15) is 33.5 Å². The molecule has 0 unspecified atom stereocenters. The fraction of sp³-hybridized carbons (Fsp3) is 0.300. The number of fused-ring (bicyclic) bond motifs is 2. The summed E-state index contributed by atoms with van der Waals surface area (Å²) in [6, 6.07) is 10.9. The first-order chi connectivity index (χ1) is 12.0. The molecule has 25 heavy (non-hydrogen) atoms. The van der Waals surface area contributed by atoms with Crippen molar-refractivity contribution in [3.8, 4) is 5.75 Å². The van der Waals surface area contributed by atoms with Gasteiger partial charge in [-0.2, -0.15) is 0 Å². The Kier molecular flexibility index (Phi) is 3.71. The number of rotatable bonds is 1. The predicted molar refractivity (Wildman–Crippen MR) is 94.7 cm³/mol. The molecule has 128 valence electrons. The van der Waals surface area contributed by atoms with Crippen LogP contribution in [0.25, 0.3) is 0 Å². The van der Waals surface area contributed by atoms with Crippen molar-refractivity contribution in [1.82, 2.24) is 4.90 Å². The highest BCUT2D eigenvalue weighted by molar-refractivity contribution is 5.99. The van der Waals surface area contributed by atoms with Crippen LogP contribution in [0.5, 0.6) is 5.75 Å². The van der Waals surface area contributed by atoms with E-state index >= 15 is 0 Å². The molecule has 0 atom stereocenters. The molecule has 5 heteroatoms. The Labute approximate surface area is 146 Å². The highest BCUT2D eigenvalue weighted by atomic mass is 16.3. The molecule has 0 bridgehead atoms. The maximum absolute atomic E-state index is 12.9. The summed E-state index contributed by atoms with van der Waals surface area (Å²) in [5.41, 5.74) is 4.78. The Hall–Kier alpha value is -2.82. The van der Waals surface area contributed by atoms with E-state index in [1.165, 1.54) is 5.56 Å². The molecular formula is C20H20N2O3. The number of carbonyl (C=O) groups excluding carboxylic acids is 2. The summed E-state index contributed by atoms with van der Waals surface area (Å²) in [5, 5.41) is 9.67. The molecule has 2 aromatic rings. The van der Waals surface area contributed by atoms with Gasteiger partial charge in [0.05, 0.1) is 0 Å². The second-order valence-electron chi connectivity index (χ2n) is 6.73. The van der Waals surface area contributed by atoms with Gasteiger partial charge in [0.1, 0.15) is 5.75 Å². The van der Waals surface area contributed by atoms with Gasteiger partial charge in [0.2, 0.25) is 5.91 Å². The van der Waals surface area contributed by atoms with E-state index in [9.17, 15) is 14.7 Å². The van der Waals surface area contributed by atoms with Crippen LogP contribution in [-0.2, 0) is 24.2 Å². The van der Waals surface area contributed by atoms with Crippen LogP contribution in [-0.4, -0.2) is 35.4 Å². The van der Waals surface area contributed by atoms with Gasteiger partial charge < -0.3 is 14.9 Å². The maximum Gasteiger partial charge on any atom is 0.254 e. The van der Waals surface area contributed by atoms with E-state index in [4.69, 9.17) is 0 Å². The Morgan fingerprint density at radius 1 is 1.00 bits per heavy atom. The summed E-state index contributed by atoms with van der Waals surface area (Å²) >= 11 is 0. The van der Waals surface area contributed by atoms with Crippen molar-refractivity contribution >= 4 is 17.5 Å². The molecule has 0 saturated heterocycles. The molecule has 0 spiro atoms. The first-order valence-electron chi connectivity index (χ1n) is 8.52. The summed E-state index contributed by atoms with van der Waals surface area (Å²) in [6.45, 7) is 1.18. The first kappa shape index (κ1) is 15.7. The van der Waals surface area contributed by atoms with E-state index in [0.29, 0.717) is 31.5 Å². The van der Waals surface area contributed by atoms with Crippen molar-refractivity contribution in [2.75, 3.05) is 18.5 Å². The molecule has 5 nitrogen and oxygen atoms in total. The summed E-state index contributed by atoms with van der Waals surface area (Å²) < 4.78 is 0. The number of anilines is 1. The van der Waals surface area contributed by atoms with Crippen molar-refractivity contribution in [2.24, 2.45) is 0 Å². The van der Waals surface area contributed by atoms with E-state index in [-0.39, 0.29) is 17.6 Å². The number of nitrogens with zero attached hydrogens (tertiary/aromatic N) is 2. The molecule has 1 N–H and O–H groups in total. The molecule has 0 aliphatic carbocycles. The van der Waals surface area contributed by atoms with Crippen LogP contribution in [0.4, 0.5) is 5.69 Å². The molecule has 0 radical (unpaired) electrons. The monoisotopic (exact) mass is 336 g/mol. The third kappa shape index (κ3) is 2.76. The zero-order valence-electron chi connectivity index (χ0n) is 14.2. The summed E-state index contributed by atoms with van der Waals surface area (Å²) in [6.07, 6.45) is 1.96. The standard InChI is InChI=1S/C20H20N2O3/c1-21-18-6-3-15(10-14(18)4-7-19(21)24)20(25)22-9-8-13-2-5-17(23)11-16(13)12-22/h2-3,5-6,10-11,23H,4,7-9,12H2,1H3. The third-order valence-electron chi connectivity index (χ3n) is 5.16. The molecular weight excluding hydrogens is 316 g/mol. The first-order valence-corrected chi connectivity index (χ1v) is 8.52. The smallest absolute Gasteiger partial charge is 0.254 e. The number of benzene rings is 2. The normalized spacial score (nSPS) is 16.4. The number of phenolic OH excluding ortho intramolecular Hbond substituents is 1. The van der Waals surface area contributed by atoms with Crippen LogP contribution in [0.2, 0.25) is 0 Å². The molecule has 0 fully saturated rings. The minimum absolute atomic E-state index is 0.00338. The van der Waals surface area contributed by atoms with Gasteiger partial charge in [-0.15, -0.1) is 0 Å². The largest absolute Gasteiger partial charge is 0.508 e. The number of hydrogen-bond donors (Lipinski definition) is 1. The quantitative estimate of drug-likeness (QED) is 0.870. The highest BCUT2D eigenvalue weighted by Gasteiger charge is 2.25. The third-order valence-corrected chi connectivity index (χ3v) is 5.16. The van der Waals surface area contributed by atoms with E-state index in [0.717, 1.165) is 23.2 Å². The minimum atomic E-state index is -0.00338. The molecule has 2 aliphatic heterocycles. The lowest BCUT2D eigenvalue weighted by Gasteiger charge is -2.30. The summed E-state index contributed by atoms with van der Waals surface area (Å²) in [5.74, 6) is 0.338. The van der Waals surface area contributed by atoms with Crippen LogP contribution < -0.4 is 4.90 Å². The fourth-order valence-electron chi connectivity index (χ4n) is 3.69. The number of amides is 2. The van der Waals surface area contributed by atoms with Gasteiger partial charge >= 0.3 is 0 Å². The van der Waals surface area contributed by atoms with Crippen LogP contribution >= 0.6 is 0 Å². The van der Waals surface area contributed by atoms with Crippen molar-refractivity contribution in [1.29, 1.82) is 0 Å². The average Bonchev–Trinajstić information content (AvgIpc) is 2.63. The maximum atomic E-state index is 12.9. The van der Waals surface area contributed by atoms with E-state index in [2.05, 4.69) is 0 Å². The van der Waals surface area contributed by atoms with Gasteiger partial charge in [0, 0.05) is 37.8 Å². The minimum Gasteiger partial charge on any atom is -0.508 e. The second kappa shape index (κ2) is 5.92. The van der Waals surface area contributed by atoms with Gasteiger partial charge in [-0.05, 0) is 59.9 Å². The number of hydrogen-bond acceptors (Lipinski definition) is 3. The van der Waals surface area contributed by atoms with Gasteiger partial charge in [0.25, 0.3) is 5.91 Å². The topological polar surface area (TPSA) is 60.9 Å². The Balaban J connectivity index is 1.59. The van der Waals surface area contributed by atoms with Gasteiger partial charge in [0.15, 0.2) is 0 Å². The Bertz CT molecular complexity index is 875. The van der Waals surface area contributed by atoms with Crippen LogP contribution in [0.3, 0.4) is 0 Å². The lowest BCUT2D eigenvalue weighted by atomic mass is 9.96. The highest BCUT2D eigenvalue weighted by Crippen LogP contribution is 2.29. The molecule has 4 rings (SSSR count). The van der Waals surface area contributed by atoms with Crippen LogP contribution in [0, 0.1) is 0 Å². The Morgan fingerprint density at radius 2 is 1.84 bits per heavy atom. The predicted octanol–water partition coefficient (Wildman–Crippen LogP) is 2.50. The van der Waals surface area contributed by atoms with Crippen molar-refractivity contribution in [3.05, 3.63) is 58.7 Å². The zero-order valence-corrected chi connectivity index (χ0v) is 14.2. The number of aryl methyl sites for hydroxylation is 1. The van der Waals surface area contributed by atoms with Crippen molar-refractivity contribution in [2.45, 2.75) is 25.8 Å². The molecule has 2 heterocycles. The molecule has 2 amide bonds. The van der Waals surface area contributed by atoms with E-state index < -0.39 is 0 Å². The van der Waals surface area contributed by atoms with E-state index in [1.54, 1.807) is 30.1 Å². The molecule has 0 saturated carbocycles. The lowest BCUT2D eigenvalue weighted by Crippen LogP contribution is -2.36. The molecule has 2 aromatic carbocycles. The van der Waals surface area contributed by atoms with Gasteiger partial charge in [-0.1, -0.05) is 6.07 Å². The summed E-state index contributed by atoms with van der Waals surface area (Å²) in [7, 11) is 1.77. The van der Waals surface area contributed by atoms with E-state index in [1.807, 2.05) is 23.1 Å².